The molecule has 1 heterocycles. The normalized spacial score (nSPS) is 9.33. The molecule has 9 heavy (non-hydrogen) atoms. The predicted molar refractivity (Wildman–Crippen MR) is 36.8 cm³/mol. The van der Waals surface area contributed by atoms with Gasteiger partial charge >= 0.3 is 0 Å². The standard InChI is InChI=1S/C6H6O2S/c7-5-9-4-6-2-1-3-8-6/h1-3,5H,4H2. The number of hydrogen-bond donors (Lipinski definition) is 0. The Morgan fingerprint density at radius 1 is 1.78 bits per heavy atom. The van der Waals surface area contributed by atoms with Crippen molar-refractivity contribution < 1.29 is 9.21 Å². The highest BCUT2D eigenvalue weighted by atomic mass is 32.2. The SMILES string of the molecule is O=CSCc1ccco1. The lowest BCUT2D eigenvalue weighted by molar-refractivity contribution is 0.530. The zero-order chi connectivity index (χ0) is 6.53. The van der Waals surface area contributed by atoms with Gasteiger partial charge in [-0.05, 0) is 12.1 Å². The second-order valence-corrected chi connectivity index (χ2v) is 2.30. The summed E-state index contributed by atoms with van der Waals surface area (Å²) < 4.78 is 4.96. The van der Waals surface area contributed by atoms with Crippen molar-refractivity contribution >= 4 is 17.4 Å². The Bertz CT molecular complexity index is 169. The Morgan fingerprint density at radius 2 is 2.67 bits per heavy atom. The van der Waals surface area contributed by atoms with E-state index in [0.29, 0.717) is 5.75 Å². The van der Waals surface area contributed by atoms with Crippen LogP contribution in [0.2, 0.25) is 0 Å². The summed E-state index contributed by atoms with van der Waals surface area (Å²) in [4.78, 5) is 9.82. The van der Waals surface area contributed by atoms with E-state index in [9.17, 15) is 4.79 Å². The first-order valence-electron chi connectivity index (χ1n) is 2.51. The van der Waals surface area contributed by atoms with Crippen LogP contribution in [0.25, 0.3) is 0 Å². The first-order valence-corrected chi connectivity index (χ1v) is 3.56. The van der Waals surface area contributed by atoms with Gasteiger partial charge in [-0.2, -0.15) is 0 Å². The van der Waals surface area contributed by atoms with Crippen LogP contribution in [-0.4, -0.2) is 5.62 Å². The van der Waals surface area contributed by atoms with Gasteiger partial charge in [-0.1, -0.05) is 11.8 Å². The Labute approximate surface area is 57.2 Å². The molecule has 3 heteroatoms. The van der Waals surface area contributed by atoms with E-state index < -0.39 is 0 Å². The molecule has 0 radical (unpaired) electrons. The summed E-state index contributed by atoms with van der Waals surface area (Å²) in [6.07, 6.45) is 1.60. The number of rotatable bonds is 3. The van der Waals surface area contributed by atoms with Crippen LogP contribution in [0, 0.1) is 0 Å². The lowest BCUT2D eigenvalue weighted by Crippen LogP contribution is -1.71. The monoisotopic (exact) mass is 142 g/mol. The number of carbonyl (C=O) groups is 1. The molecular weight excluding hydrogens is 136 g/mol. The average molecular weight is 142 g/mol. The van der Waals surface area contributed by atoms with E-state index in [4.69, 9.17) is 4.42 Å². The quantitative estimate of drug-likeness (QED) is 0.602. The first-order chi connectivity index (χ1) is 4.43. The zero-order valence-corrected chi connectivity index (χ0v) is 5.56. The maximum atomic E-state index is 9.82. The molecule has 0 saturated carbocycles. The van der Waals surface area contributed by atoms with Crippen molar-refractivity contribution in [2.24, 2.45) is 0 Å². The van der Waals surface area contributed by atoms with Crippen molar-refractivity contribution in [1.29, 1.82) is 0 Å². The van der Waals surface area contributed by atoms with Crippen LogP contribution in [0.15, 0.2) is 22.8 Å². The lowest BCUT2D eigenvalue weighted by Gasteiger charge is -1.85. The molecule has 0 aliphatic heterocycles. The second-order valence-electron chi connectivity index (χ2n) is 1.49. The Hall–Kier alpha value is -0.700. The maximum absolute atomic E-state index is 9.82. The van der Waals surface area contributed by atoms with Gasteiger partial charge in [0.25, 0.3) is 0 Å². The fourth-order valence-electron chi connectivity index (χ4n) is 0.511. The van der Waals surface area contributed by atoms with Gasteiger partial charge in [0.2, 0.25) is 0 Å². The minimum atomic E-state index is 0.635. The summed E-state index contributed by atoms with van der Waals surface area (Å²) >= 11 is 1.19. The number of carbonyl (C=O) groups excluding carboxylic acids is 1. The highest BCUT2D eigenvalue weighted by Gasteiger charge is 1.91. The third kappa shape index (κ3) is 1.93. The Kier molecular flexibility index (Phi) is 2.39. The van der Waals surface area contributed by atoms with Gasteiger partial charge in [-0.15, -0.1) is 0 Å². The van der Waals surface area contributed by atoms with Crippen LogP contribution in [0.1, 0.15) is 5.76 Å². The average Bonchev–Trinajstić information content (AvgIpc) is 2.34. The maximum Gasteiger partial charge on any atom is 0.176 e. The molecule has 0 spiro atoms. The summed E-state index contributed by atoms with van der Waals surface area (Å²) in [5.74, 6) is 1.48. The summed E-state index contributed by atoms with van der Waals surface area (Å²) in [5, 5.41) is 0. The molecule has 0 atom stereocenters. The molecule has 1 aromatic heterocycles. The molecule has 48 valence electrons. The van der Waals surface area contributed by atoms with Gasteiger partial charge in [0.15, 0.2) is 5.62 Å². The van der Waals surface area contributed by atoms with Gasteiger partial charge in [-0.3, -0.25) is 4.79 Å². The molecule has 0 amide bonds. The van der Waals surface area contributed by atoms with E-state index in [-0.39, 0.29) is 0 Å². The zero-order valence-electron chi connectivity index (χ0n) is 4.74. The summed E-state index contributed by atoms with van der Waals surface area (Å²) in [6, 6.07) is 3.65. The van der Waals surface area contributed by atoms with Crippen molar-refractivity contribution in [1.82, 2.24) is 0 Å². The van der Waals surface area contributed by atoms with Crippen LogP contribution >= 0.6 is 11.8 Å². The molecule has 0 N–H and O–H groups in total. The van der Waals surface area contributed by atoms with Crippen LogP contribution in [-0.2, 0) is 10.5 Å². The largest absolute Gasteiger partial charge is 0.468 e. The highest BCUT2D eigenvalue weighted by molar-refractivity contribution is 8.11. The van der Waals surface area contributed by atoms with Gasteiger partial charge < -0.3 is 4.42 Å². The molecule has 1 rings (SSSR count). The van der Waals surface area contributed by atoms with Crippen molar-refractivity contribution in [3.05, 3.63) is 24.2 Å². The Morgan fingerprint density at radius 3 is 3.22 bits per heavy atom. The van der Waals surface area contributed by atoms with Crippen molar-refractivity contribution in [3.8, 4) is 0 Å². The van der Waals surface area contributed by atoms with Gasteiger partial charge in [0.05, 0.1) is 12.0 Å². The van der Waals surface area contributed by atoms with Crippen molar-refractivity contribution in [2.75, 3.05) is 0 Å². The molecule has 0 fully saturated rings. The molecule has 0 unspecified atom stereocenters. The molecule has 0 saturated heterocycles. The minimum Gasteiger partial charge on any atom is -0.468 e. The van der Waals surface area contributed by atoms with Gasteiger partial charge in [0, 0.05) is 0 Å². The van der Waals surface area contributed by atoms with E-state index in [1.807, 2.05) is 6.07 Å². The molecule has 1 aromatic rings. The number of thioether (sulfide) groups is 1. The third-order valence-corrected chi connectivity index (χ3v) is 1.46. The van der Waals surface area contributed by atoms with E-state index >= 15 is 0 Å². The van der Waals surface area contributed by atoms with E-state index in [2.05, 4.69) is 0 Å². The smallest absolute Gasteiger partial charge is 0.176 e. The predicted octanol–water partition coefficient (Wildman–Crippen LogP) is 1.70. The summed E-state index contributed by atoms with van der Waals surface area (Å²) in [5.41, 5.74) is 0.808. The van der Waals surface area contributed by atoms with Crippen LogP contribution in [0.5, 0.6) is 0 Å². The van der Waals surface area contributed by atoms with Crippen molar-refractivity contribution in [3.63, 3.8) is 0 Å². The lowest BCUT2D eigenvalue weighted by atomic mass is 10.5. The molecule has 0 bridgehead atoms. The van der Waals surface area contributed by atoms with Crippen LogP contribution in [0.3, 0.4) is 0 Å². The Balaban J connectivity index is 2.38. The third-order valence-electron chi connectivity index (χ3n) is 0.874. The number of hydrogen-bond acceptors (Lipinski definition) is 3. The van der Waals surface area contributed by atoms with Crippen molar-refractivity contribution in [2.45, 2.75) is 5.75 Å². The topological polar surface area (TPSA) is 30.2 Å². The minimum absolute atomic E-state index is 0.635. The molecule has 2 nitrogen and oxygen atoms in total. The van der Waals surface area contributed by atoms with Crippen LogP contribution < -0.4 is 0 Å². The fourth-order valence-corrected chi connectivity index (χ4v) is 0.907. The van der Waals surface area contributed by atoms with Crippen LogP contribution in [0.4, 0.5) is 0 Å². The number of furan rings is 1. The molecule has 0 aliphatic rings. The highest BCUT2D eigenvalue weighted by Crippen LogP contribution is 2.08. The van der Waals surface area contributed by atoms with E-state index in [0.717, 1.165) is 11.4 Å². The fraction of sp³-hybridized carbons (Fsp3) is 0.167. The van der Waals surface area contributed by atoms with E-state index in [1.54, 1.807) is 12.3 Å². The summed E-state index contributed by atoms with van der Waals surface area (Å²) in [6.45, 7) is 0. The molecule has 0 aliphatic carbocycles. The second kappa shape index (κ2) is 3.35. The first kappa shape index (κ1) is 6.42. The molecule has 0 aromatic carbocycles. The van der Waals surface area contributed by atoms with Gasteiger partial charge in [0.1, 0.15) is 5.76 Å². The summed E-state index contributed by atoms with van der Waals surface area (Å²) in [7, 11) is 0. The molecular formula is C6H6O2S. The van der Waals surface area contributed by atoms with Gasteiger partial charge in [-0.25, -0.2) is 0 Å². The van der Waals surface area contributed by atoms with E-state index in [1.165, 1.54) is 11.8 Å².